The number of hydrogen-bond acceptors (Lipinski definition) is 13. The molecule has 2 aromatic rings. The highest BCUT2D eigenvalue weighted by Gasteiger charge is 2.53. The predicted octanol–water partition coefficient (Wildman–Crippen LogP) is 2.11. The molecule has 38 heavy (non-hydrogen) atoms. The maximum atomic E-state index is 12.6. The van der Waals surface area contributed by atoms with Gasteiger partial charge in [-0.15, -0.1) is 0 Å². The second-order valence-corrected chi connectivity index (χ2v) is 8.36. The third-order valence-corrected chi connectivity index (χ3v) is 5.42. The van der Waals surface area contributed by atoms with E-state index in [1.165, 1.54) is 26.4 Å². The fourth-order valence-corrected chi connectivity index (χ4v) is 4.11. The first kappa shape index (κ1) is 28.4. The lowest BCUT2D eigenvalue weighted by Gasteiger charge is -2.44. The summed E-state index contributed by atoms with van der Waals surface area (Å²) in [5, 5.41) is 0.506. The van der Waals surface area contributed by atoms with Crippen molar-refractivity contribution in [3.8, 4) is 11.5 Å². The highest BCUT2D eigenvalue weighted by molar-refractivity contribution is 6.05. The van der Waals surface area contributed by atoms with E-state index < -0.39 is 67.0 Å². The number of ketones is 1. The van der Waals surface area contributed by atoms with Crippen molar-refractivity contribution < 1.29 is 61.5 Å². The van der Waals surface area contributed by atoms with Gasteiger partial charge in [-0.1, -0.05) is 0 Å². The number of carbonyl (C=O) groups excluding carboxylic acids is 5. The third kappa shape index (κ3) is 6.40. The molecular weight excluding hydrogens is 508 g/mol. The molecule has 0 bridgehead atoms. The maximum absolute atomic E-state index is 12.6. The Morgan fingerprint density at radius 3 is 2.00 bits per heavy atom. The summed E-state index contributed by atoms with van der Waals surface area (Å²) < 4.78 is 44.1. The zero-order chi connectivity index (χ0) is 28.1. The Bertz CT molecular complexity index is 1230. The van der Waals surface area contributed by atoms with Crippen LogP contribution in [0.25, 0.3) is 11.0 Å². The van der Waals surface area contributed by atoms with Crippen molar-refractivity contribution >= 4 is 40.6 Å². The normalized spacial score (nSPS) is 22.7. The van der Waals surface area contributed by atoms with Gasteiger partial charge in [0.25, 0.3) is 0 Å². The number of hydrogen-bond donors (Lipinski definition) is 0. The van der Waals surface area contributed by atoms with E-state index in [2.05, 4.69) is 0 Å². The van der Waals surface area contributed by atoms with Crippen LogP contribution in [0.1, 0.15) is 45.0 Å². The van der Waals surface area contributed by atoms with Crippen molar-refractivity contribution in [1.82, 2.24) is 0 Å². The molecule has 0 radical (unpaired) electrons. The van der Waals surface area contributed by atoms with Gasteiger partial charge in [-0.2, -0.15) is 0 Å². The molecule has 206 valence electrons. The van der Waals surface area contributed by atoms with Crippen LogP contribution < -0.4 is 9.47 Å². The summed E-state index contributed by atoms with van der Waals surface area (Å²) in [7, 11) is 1.37. The molecule has 1 aliphatic heterocycles. The second kappa shape index (κ2) is 11.9. The summed E-state index contributed by atoms with van der Waals surface area (Å²) in [6, 6.07) is 3.03. The van der Waals surface area contributed by atoms with Gasteiger partial charge in [0, 0.05) is 33.8 Å². The van der Waals surface area contributed by atoms with Gasteiger partial charge < -0.3 is 37.6 Å². The van der Waals surface area contributed by atoms with E-state index >= 15 is 0 Å². The van der Waals surface area contributed by atoms with Crippen molar-refractivity contribution in [2.24, 2.45) is 0 Å². The first-order valence-corrected chi connectivity index (χ1v) is 11.5. The molecule has 13 nitrogen and oxygen atoms in total. The van der Waals surface area contributed by atoms with Crippen LogP contribution in [0.3, 0.4) is 0 Å². The van der Waals surface area contributed by atoms with E-state index in [4.69, 9.17) is 37.6 Å². The van der Waals surface area contributed by atoms with Crippen LogP contribution in [0, 0.1) is 0 Å². The summed E-state index contributed by atoms with van der Waals surface area (Å²) in [4.78, 5) is 60.1. The van der Waals surface area contributed by atoms with Gasteiger partial charge in [-0.3, -0.25) is 24.0 Å². The van der Waals surface area contributed by atoms with E-state index in [-0.39, 0.29) is 17.1 Å². The Morgan fingerprint density at radius 1 is 0.842 bits per heavy atom. The van der Waals surface area contributed by atoms with Crippen molar-refractivity contribution in [2.45, 2.75) is 65.3 Å². The molecule has 1 saturated heterocycles. The smallest absolute Gasteiger partial charge is 0.303 e. The third-order valence-electron chi connectivity index (χ3n) is 5.42. The van der Waals surface area contributed by atoms with E-state index in [1.54, 1.807) is 6.07 Å². The maximum Gasteiger partial charge on any atom is 0.303 e. The molecule has 0 unspecified atom stereocenters. The molecule has 1 aromatic carbocycles. The number of carbonyl (C=O) groups is 5. The minimum Gasteiger partial charge on any atom is -0.495 e. The van der Waals surface area contributed by atoms with Gasteiger partial charge >= 0.3 is 23.9 Å². The van der Waals surface area contributed by atoms with Crippen LogP contribution >= 0.6 is 0 Å². The molecule has 5 atom stereocenters. The predicted molar refractivity (Wildman–Crippen MR) is 125 cm³/mol. The summed E-state index contributed by atoms with van der Waals surface area (Å²) in [5.74, 6) is -3.33. The number of furan rings is 1. The van der Waals surface area contributed by atoms with E-state index in [9.17, 15) is 24.0 Å². The number of rotatable bonds is 9. The largest absolute Gasteiger partial charge is 0.495 e. The molecule has 0 saturated carbocycles. The Morgan fingerprint density at radius 2 is 1.45 bits per heavy atom. The SMILES string of the molecule is COc1c(C(C)=O)c(O[C@H]2O[C@H](COC(C)=O)[C@@H](OC(C)=O)[C@H](OC(C)=O)[C@H]2OC(C)=O)cc2occc12. The van der Waals surface area contributed by atoms with Crippen LogP contribution in [-0.2, 0) is 42.9 Å². The van der Waals surface area contributed by atoms with Crippen molar-refractivity contribution in [3.05, 3.63) is 24.0 Å². The summed E-state index contributed by atoms with van der Waals surface area (Å²) in [6.45, 7) is 5.34. The lowest BCUT2D eigenvalue weighted by molar-refractivity contribution is -0.288. The molecular formula is C25H28O13. The highest BCUT2D eigenvalue weighted by Crippen LogP contribution is 2.40. The molecule has 0 N–H and O–H groups in total. The first-order chi connectivity index (χ1) is 17.9. The van der Waals surface area contributed by atoms with Gasteiger partial charge in [0.2, 0.25) is 12.4 Å². The van der Waals surface area contributed by atoms with E-state index in [0.717, 1.165) is 27.7 Å². The standard InChI is InChI=1S/C25H28O13/c1-11(26)20-18(9-17-16(7-8-32-17)21(20)31-6)37-25-24(36-15(5)30)23(35-14(4)29)22(34-13(3)28)19(38-25)10-33-12(2)27/h7-9,19,22-25H,10H2,1-6H3/t19-,22-,23+,24-,25+/m1/s1. The van der Waals surface area contributed by atoms with Crippen LogP contribution in [0.15, 0.2) is 22.8 Å². The van der Waals surface area contributed by atoms with Crippen LogP contribution in [0.4, 0.5) is 0 Å². The molecule has 0 spiro atoms. The van der Waals surface area contributed by atoms with Gasteiger partial charge in [0.15, 0.2) is 18.0 Å². The Balaban J connectivity index is 2.13. The monoisotopic (exact) mass is 536 g/mol. The average molecular weight is 536 g/mol. The second-order valence-electron chi connectivity index (χ2n) is 8.36. The molecule has 13 heteroatoms. The lowest BCUT2D eigenvalue weighted by atomic mass is 9.98. The number of fused-ring (bicyclic) bond motifs is 1. The summed E-state index contributed by atoms with van der Waals surface area (Å²) in [6.07, 6.45) is -5.63. The Hall–Kier alpha value is -4.13. The van der Waals surface area contributed by atoms with Crippen molar-refractivity contribution in [3.63, 3.8) is 0 Å². The quantitative estimate of drug-likeness (QED) is 0.260. The number of Topliss-reactive ketones (excluding diaryl/α,β-unsaturated/α-hetero) is 1. The number of esters is 4. The van der Waals surface area contributed by atoms with E-state index in [0.29, 0.717) is 11.0 Å². The summed E-state index contributed by atoms with van der Waals surface area (Å²) >= 11 is 0. The molecule has 2 heterocycles. The number of ether oxygens (including phenoxy) is 7. The molecule has 0 aliphatic carbocycles. The molecule has 0 amide bonds. The minimum atomic E-state index is -1.54. The topological polar surface area (TPSA) is 163 Å². The van der Waals surface area contributed by atoms with Gasteiger partial charge in [0.05, 0.1) is 18.8 Å². The van der Waals surface area contributed by atoms with E-state index in [1.807, 2.05) is 0 Å². The zero-order valence-corrected chi connectivity index (χ0v) is 21.6. The van der Waals surface area contributed by atoms with Gasteiger partial charge in [0.1, 0.15) is 35.4 Å². The van der Waals surface area contributed by atoms with Crippen molar-refractivity contribution in [2.75, 3.05) is 13.7 Å². The first-order valence-electron chi connectivity index (χ1n) is 11.5. The molecule has 3 rings (SSSR count). The fourth-order valence-electron chi connectivity index (χ4n) is 4.11. The van der Waals surface area contributed by atoms with Crippen LogP contribution in [0.2, 0.25) is 0 Å². The minimum absolute atomic E-state index is 0.0363. The number of benzene rings is 1. The van der Waals surface area contributed by atoms with Gasteiger partial charge in [-0.25, -0.2) is 0 Å². The zero-order valence-electron chi connectivity index (χ0n) is 21.6. The molecule has 1 fully saturated rings. The highest BCUT2D eigenvalue weighted by atomic mass is 16.7. The van der Waals surface area contributed by atoms with Crippen LogP contribution in [0.5, 0.6) is 11.5 Å². The average Bonchev–Trinajstić information content (AvgIpc) is 3.28. The number of methoxy groups -OCH3 is 1. The lowest BCUT2D eigenvalue weighted by Crippen LogP contribution is -2.63. The van der Waals surface area contributed by atoms with Gasteiger partial charge in [-0.05, 0) is 13.0 Å². The van der Waals surface area contributed by atoms with Crippen molar-refractivity contribution in [1.29, 1.82) is 0 Å². The fraction of sp³-hybridized carbons (Fsp3) is 0.480. The summed E-state index contributed by atoms with van der Waals surface area (Å²) in [5.41, 5.74) is 0.349. The Kier molecular flexibility index (Phi) is 8.94. The molecule has 1 aromatic heterocycles. The molecule has 1 aliphatic rings. The van der Waals surface area contributed by atoms with Crippen LogP contribution in [-0.4, -0.2) is 74.1 Å². The Labute approximate surface area is 217 Å².